The zero-order chi connectivity index (χ0) is 22.2. The van der Waals surface area contributed by atoms with Crippen molar-refractivity contribution in [1.82, 2.24) is 20.4 Å². The molecule has 2 aliphatic heterocycles. The van der Waals surface area contributed by atoms with Crippen molar-refractivity contribution in [3.8, 4) is 5.75 Å². The highest BCUT2D eigenvalue weighted by Crippen LogP contribution is 2.25. The Morgan fingerprint density at radius 2 is 1.78 bits per heavy atom. The third-order valence-corrected chi connectivity index (χ3v) is 6.38. The molecule has 0 saturated carbocycles. The van der Waals surface area contributed by atoms with Crippen molar-refractivity contribution in [2.75, 3.05) is 53.4 Å². The second-order valence-corrected chi connectivity index (χ2v) is 8.89. The molecule has 0 aromatic heterocycles. The van der Waals surface area contributed by atoms with Crippen LogP contribution in [-0.4, -0.2) is 69.2 Å². The lowest BCUT2D eigenvalue weighted by Gasteiger charge is -2.20. The Morgan fingerprint density at radius 1 is 0.969 bits per heavy atom. The van der Waals surface area contributed by atoms with Crippen LogP contribution < -0.4 is 15.4 Å². The molecule has 2 heterocycles. The van der Waals surface area contributed by atoms with E-state index < -0.39 is 0 Å². The summed E-state index contributed by atoms with van der Waals surface area (Å²) in [7, 11) is 4.04. The van der Waals surface area contributed by atoms with Gasteiger partial charge < -0.3 is 20.3 Å². The highest BCUT2D eigenvalue weighted by Gasteiger charge is 2.13. The third kappa shape index (κ3) is 6.47. The van der Waals surface area contributed by atoms with Crippen molar-refractivity contribution in [1.29, 1.82) is 0 Å². The molecule has 1 saturated heterocycles. The van der Waals surface area contributed by atoms with Gasteiger partial charge in [-0.05, 0) is 61.3 Å². The Labute approximate surface area is 192 Å². The Balaban J connectivity index is 1.19. The molecule has 2 aromatic carbocycles. The van der Waals surface area contributed by atoms with E-state index in [2.05, 4.69) is 74.9 Å². The number of guanidine groups is 1. The Hall–Kier alpha value is -2.57. The summed E-state index contributed by atoms with van der Waals surface area (Å²) >= 11 is 0. The average Bonchev–Trinajstić information content (AvgIpc) is 3.19. The molecular formula is C26H37N5O. The largest absolute Gasteiger partial charge is 0.493 e. The van der Waals surface area contributed by atoms with E-state index in [1.165, 1.54) is 41.8 Å². The number of benzene rings is 2. The van der Waals surface area contributed by atoms with E-state index >= 15 is 0 Å². The average molecular weight is 436 g/mol. The standard InChI is InChI=1S/C26H37N5O/c1-27-26(28-12-10-21-8-9-25-24(18-21)11-17-32-25)29-19-22-4-6-23(7-5-22)20-31-14-3-13-30(2)15-16-31/h4-9,18H,3,10-17,19-20H2,1-2H3,(H2,27,28,29). The molecule has 32 heavy (non-hydrogen) atoms. The fourth-order valence-electron chi connectivity index (χ4n) is 4.41. The number of nitrogens with one attached hydrogen (secondary N) is 2. The molecule has 6 nitrogen and oxygen atoms in total. The zero-order valence-electron chi connectivity index (χ0n) is 19.6. The molecule has 0 amide bonds. The maximum absolute atomic E-state index is 5.59. The van der Waals surface area contributed by atoms with Gasteiger partial charge in [0.2, 0.25) is 0 Å². The summed E-state index contributed by atoms with van der Waals surface area (Å²) in [4.78, 5) is 9.36. The minimum Gasteiger partial charge on any atom is -0.493 e. The monoisotopic (exact) mass is 435 g/mol. The summed E-state index contributed by atoms with van der Waals surface area (Å²) in [5.74, 6) is 1.89. The van der Waals surface area contributed by atoms with Gasteiger partial charge in [0.05, 0.1) is 6.61 Å². The first kappa shape index (κ1) is 22.6. The number of likely N-dealkylation sites (N-methyl/N-ethyl adjacent to an activating group) is 1. The molecule has 0 bridgehead atoms. The van der Waals surface area contributed by atoms with E-state index in [9.17, 15) is 0 Å². The third-order valence-electron chi connectivity index (χ3n) is 6.38. The van der Waals surface area contributed by atoms with Crippen LogP contribution in [0.2, 0.25) is 0 Å². The number of aliphatic imine (C=N–C) groups is 1. The quantitative estimate of drug-likeness (QED) is 0.517. The molecule has 172 valence electrons. The Morgan fingerprint density at radius 3 is 2.62 bits per heavy atom. The molecule has 1 fully saturated rings. The second kappa shape index (κ2) is 11.3. The topological polar surface area (TPSA) is 52.1 Å². The molecule has 2 aliphatic rings. The van der Waals surface area contributed by atoms with Crippen LogP contribution in [0.1, 0.15) is 28.7 Å². The van der Waals surface area contributed by atoms with E-state index in [1.54, 1.807) is 0 Å². The van der Waals surface area contributed by atoms with Gasteiger partial charge in [-0.25, -0.2) is 0 Å². The fraction of sp³-hybridized carbons (Fsp3) is 0.500. The van der Waals surface area contributed by atoms with Gasteiger partial charge in [0.15, 0.2) is 5.96 Å². The van der Waals surface area contributed by atoms with Crippen molar-refractivity contribution in [2.45, 2.75) is 32.4 Å². The smallest absolute Gasteiger partial charge is 0.191 e. The summed E-state index contributed by atoms with van der Waals surface area (Å²) in [5, 5.41) is 6.86. The molecule has 0 unspecified atom stereocenters. The molecule has 2 aromatic rings. The van der Waals surface area contributed by atoms with E-state index in [0.29, 0.717) is 0 Å². The molecule has 4 rings (SSSR count). The van der Waals surface area contributed by atoms with Gasteiger partial charge in [-0.1, -0.05) is 36.4 Å². The summed E-state index contributed by atoms with van der Waals surface area (Å²) in [6.07, 6.45) is 3.24. The Bertz CT molecular complexity index is 896. The number of nitrogens with zero attached hydrogens (tertiary/aromatic N) is 3. The van der Waals surface area contributed by atoms with Crippen molar-refractivity contribution >= 4 is 5.96 Å². The number of fused-ring (bicyclic) bond motifs is 1. The van der Waals surface area contributed by atoms with Gasteiger partial charge in [-0.3, -0.25) is 9.89 Å². The van der Waals surface area contributed by atoms with Crippen LogP contribution >= 0.6 is 0 Å². The predicted molar refractivity (Wildman–Crippen MR) is 131 cm³/mol. The number of rotatable bonds is 7. The van der Waals surface area contributed by atoms with Crippen LogP contribution in [0, 0.1) is 0 Å². The molecule has 0 atom stereocenters. The number of hydrogen-bond donors (Lipinski definition) is 2. The number of hydrogen-bond acceptors (Lipinski definition) is 4. The predicted octanol–water partition coefficient (Wildman–Crippen LogP) is 2.67. The lowest BCUT2D eigenvalue weighted by atomic mass is 10.1. The van der Waals surface area contributed by atoms with Crippen LogP contribution in [0.5, 0.6) is 5.75 Å². The van der Waals surface area contributed by atoms with E-state index in [1.807, 2.05) is 7.05 Å². The van der Waals surface area contributed by atoms with Gasteiger partial charge in [-0.15, -0.1) is 0 Å². The lowest BCUT2D eigenvalue weighted by Crippen LogP contribution is -2.37. The minimum atomic E-state index is 0.768. The first-order valence-electron chi connectivity index (χ1n) is 11.9. The van der Waals surface area contributed by atoms with Crippen LogP contribution in [0.15, 0.2) is 47.5 Å². The van der Waals surface area contributed by atoms with Crippen LogP contribution in [-0.2, 0) is 25.9 Å². The fourth-order valence-corrected chi connectivity index (χ4v) is 4.41. The summed E-state index contributed by atoms with van der Waals surface area (Å²) in [6, 6.07) is 15.5. The zero-order valence-corrected chi connectivity index (χ0v) is 19.6. The van der Waals surface area contributed by atoms with Gasteiger partial charge in [-0.2, -0.15) is 0 Å². The van der Waals surface area contributed by atoms with Crippen LogP contribution in [0.25, 0.3) is 0 Å². The van der Waals surface area contributed by atoms with Crippen molar-refractivity contribution in [3.05, 3.63) is 64.7 Å². The number of ether oxygens (including phenoxy) is 1. The normalized spacial score (nSPS) is 17.5. The first-order chi connectivity index (χ1) is 15.7. The van der Waals surface area contributed by atoms with Crippen molar-refractivity contribution in [2.24, 2.45) is 4.99 Å². The summed E-state index contributed by atoms with van der Waals surface area (Å²) < 4.78 is 5.59. The maximum Gasteiger partial charge on any atom is 0.191 e. The van der Waals surface area contributed by atoms with Gasteiger partial charge in [0, 0.05) is 46.2 Å². The Kier molecular flexibility index (Phi) is 8.02. The van der Waals surface area contributed by atoms with Gasteiger partial charge in [0.25, 0.3) is 0 Å². The lowest BCUT2D eigenvalue weighted by molar-refractivity contribution is 0.269. The SMILES string of the molecule is CN=C(NCCc1ccc2c(c1)CCO2)NCc1ccc(CN2CCCN(C)CC2)cc1. The molecule has 2 N–H and O–H groups in total. The summed E-state index contributed by atoms with van der Waals surface area (Å²) in [6.45, 7) is 8.18. The molecule has 0 spiro atoms. The van der Waals surface area contributed by atoms with E-state index in [0.717, 1.165) is 63.9 Å². The summed E-state index contributed by atoms with van der Waals surface area (Å²) in [5.41, 5.74) is 5.33. The molecule has 0 aliphatic carbocycles. The van der Waals surface area contributed by atoms with Crippen molar-refractivity contribution in [3.63, 3.8) is 0 Å². The van der Waals surface area contributed by atoms with E-state index in [4.69, 9.17) is 4.74 Å². The van der Waals surface area contributed by atoms with Crippen LogP contribution in [0.4, 0.5) is 0 Å². The first-order valence-corrected chi connectivity index (χ1v) is 11.9. The molecular weight excluding hydrogens is 398 g/mol. The minimum absolute atomic E-state index is 0.768. The molecule has 0 radical (unpaired) electrons. The van der Waals surface area contributed by atoms with E-state index in [-0.39, 0.29) is 0 Å². The van der Waals surface area contributed by atoms with Gasteiger partial charge in [0.1, 0.15) is 5.75 Å². The highest BCUT2D eigenvalue weighted by atomic mass is 16.5. The van der Waals surface area contributed by atoms with Crippen LogP contribution in [0.3, 0.4) is 0 Å². The van der Waals surface area contributed by atoms with Crippen molar-refractivity contribution < 1.29 is 4.74 Å². The van der Waals surface area contributed by atoms with Gasteiger partial charge >= 0.3 is 0 Å². The second-order valence-electron chi connectivity index (χ2n) is 8.89. The molecule has 6 heteroatoms. The maximum atomic E-state index is 5.59. The highest BCUT2D eigenvalue weighted by molar-refractivity contribution is 5.79.